The molecule has 0 spiro atoms. The highest BCUT2D eigenvalue weighted by atomic mass is 16.3. The number of hydrogen-bond donors (Lipinski definition) is 2. The van der Waals surface area contributed by atoms with Crippen LogP contribution in [0.3, 0.4) is 0 Å². The molecular formula is C14H21NO. The van der Waals surface area contributed by atoms with Crippen molar-refractivity contribution in [2.75, 3.05) is 6.54 Å². The predicted molar refractivity (Wildman–Crippen MR) is 66.7 cm³/mol. The molecule has 0 aromatic heterocycles. The predicted octanol–water partition coefficient (Wildman–Crippen LogP) is 1.96. The van der Waals surface area contributed by atoms with Crippen molar-refractivity contribution in [2.45, 2.75) is 45.3 Å². The van der Waals surface area contributed by atoms with Crippen LogP contribution >= 0.6 is 0 Å². The molecule has 1 fully saturated rings. The molecule has 1 atom stereocenters. The summed E-state index contributed by atoms with van der Waals surface area (Å²) in [5.74, 6) is 0. The van der Waals surface area contributed by atoms with Crippen LogP contribution < -0.4 is 5.32 Å². The van der Waals surface area contributed by atoms with Crippen LogP contribution in [0.5, 0.6) is 0 Å². The smallest absolute Gasteiger partial charge is 0.0705 e. The highest BCUT2D eigenvalue weighted by Gasteiger charge is 2.21. The van der Waals surface area contributed by atoms with Crippen LogP contribution in [-0.2, 0) is 6.42 Å². The molecule has 0 heterocycles. The fourth-order valence-electron chi connectivity index (χ4n) is 1.95. The van der Waals surface area contributed by atoms with E-state index in [0.717, 1.165) is 13.0 Å². The van der Waals surface area contributed by atoms with Crippen molar-refractivity contribution in [1.82, 2.24) is 5.32 Å². The average molecular weight is 219 g/mol. The molecule has 0 saturated heterocycles. The largest absolute Gasteiger partial charge is 0.391 e. The van der Waals surface area contributed by atoms with Crippen LogP contribution in [0.4, 0.5) is 0 Å². The van der Waals surface area contributed by atoms with Gasteiger partial charge in [-0.3, -0.25) is 0 Å². The SMILES string of the molecule is Cc1cccc(CC(O)CNC2CC2)c1C. The summed E-state index contributed by atoms with van der Waals surface area (Å²) < 4.78 is 0. The lowest BCUT2D eigenvalue weighted by Gasteiger charge is -2.14. The molecule has 2 nitrogen and oxygen atoms in total. The minimum absolute atomic E-state index is 0.263. The second-order valence-electron chi connectivity index (χ2n) is 4.90. The van der Waals surface area contributed by atoms with Crippen molar-refractivity contribution in [3.05, 3.63) is 34.9 Å². The minimum atomic E-state index is -0.263. The van der Waals surface area contributed by atoms with E-state index < -0.39 is 0 Å². The third-order valence-corrected chi connectivity index (χ3v) is 3.39. The normalized spacial score (nSPS) is 17.4. The fourth-order valence-corrected chi connectivity index (χ4v) is 1.95. The van der Waals surface area contributed by atoms with Gasteiger partial charge in [-0.2, -0.15) is 0 Å². The standard InChI is InChI=1S/C14H21NO/c1-10-4-3-5-12(11(10)2)8-14(16)9-15-13-6-7-13/h3-5,13-16H,6-9H2,1-2H3. The Labute approximate surface area is 97.7 Å². The van der Waals surface area contributed by atoms with Crippen molar-refractivity contribution >= 4 is 0 Å². The summed E-state index contributed by atoms with van der Waals surface area (Å²) >= 11 is 0. The van der Waals surface area contributed by atoms with E-state index in [9.17, 15) is 5.11 Å². The van der Waals surface area contributed by atoms with Gasteiger partial charge in [0.2, 0.25) is 0 Å². The third kappa shape index (κ3) is 3.06. The number of aryl methyl sites for hydroxylation is 1. The van der Waals surface area contributed by atoms with Gasteiger partial charge in [0.1, 0.15) is 0 Å². The molecule has 16 heavy (non-hydrogen) atoms. The lowest BCUT2D eigenvalue weighted by atomic mass is 9.99. The molecule has 2 heteroatoms. The third-order valence-electron chi connectivity index (χ3n) is 3.39. The Balaban J connectivity index is 1.88. The zero-order valence-electron chi connectivity index (χ0n) is 10.2. The molecule has 2 N–H and O–H groups in total. The van der Waals surface area contributed by atoms with Crippen LogP contribution in [0, 0.1) is 13.8 Å². The summed E-state index contributed by atoms with van der Waals surface area (Å²) in [6.45, 7) is 4.97. The van der Waals surface area contributed by atoms with E-state index in [1.54, 1.807) is 0 Å². The van der Waals surface area contributed by atoms with Crippen LogP contribution in [-0.4, -0.2) is 23.8 Å². The maximum absolute atomic E-state index is 9.93. The number of hydrogen-bond acceptors (Lipinski definition) is 2. The number of nitrogens with one attached hydrogen (secondary N) is 1. The van der Waals surface area contributed by atoms with Gasteiger partial charge in [-0.25, -0.2) is 0 Å². The Morgan fingerprint density at radius 2 is 2.12 bits per heavy atom. The Hall–Kier alpha value is -0.860. The highest BCUT2D eigenvalue weighted by molar-refractivity contribution is 5.33. The van der Waals surface area contributed by atoms with Gasteiger partial charge >= 0.3 is 0 Å². The molecule has 2 rings (SSSR count). The highest BCUT2D eigenvalue weighted by Crippen LogP contribution is 2.19. The molecule has 0 amide bonds. The van der Waals surface area contributed by atoms with E-state index in [1.807, 2.05) is 0 Å². The van der Waals surface area contributed by atoms with Gasteiger partial charge in [-0.05, 0) is 49.8 Å². The first-order valence-electron chi connectivity index (χ1n) is 6.13. The van der Waals surface area contributed by atoms with Gasteiger partial charge in [0, 0.05) is 12.6 Å². The molecule has 0 aliphatic heterocycles. The molecule has 1 saturated carbocycles. The summed E-state index contributed by atoms with van der Waals surface area (Å²) in [4.78, 5) is 0. The maximum Gasteiger partial charge on any atom is 0.0705 e. The first-order valence-corrected chi connectivity index (χ1v) is 6.13. The van der Waals surface area contributed by atoms with Crippen LogP contribution in [0.2, 0.25) is 0 Å². The van der Waals surface area contributed by atoms with E-state index in [2.05, 4.69) is 37.4 Å². The van der Waals surface area contributed by atoms with Crippen LogP contribution in [0.15, 0.2) is 18.2 Å². The monoisotopic (exact) mass is 219 g/mol. The Kier molecular flexibility index (Phi) is 3.62. The van der Waals surface area contributed by atoms with Gasteiger partial charge in [-0.15, -0.1) is 0 Å². The second kappa shape index (κ2) is 4.98. The van der Waals surface area contributed by atoms with Crippen molar-refractivity contribution < 1.29 is 5.11 Å². The van der Waals surface area contributed by atoms with E-state index in [4.69, 9.17) is 0 Å². The van der Waals surface area contributed by atoms with Gasteiger partial charge in [0.25, 0.3) is 0 Å². The van der Waals surface area contributed by atoms with Crippen LogP contribution in [0.25, 0.3) is 0 Å². The van der Waals surface area contributed by atoms with Gasteiger partial charge < -0.3 is 10.4 Å². The first-order chi connectivity index (χ1) is 7.66. The first kappa shape index (κ1) is 11.6. The number of benzene rings is 1. The van der Waals surface area contributed by atoms with Crippen molar-refractivity contribution in [2.24, 2.45) is 0 Å². The molecule has 1 aliphatic rings. The van der Waals surface area contributed by atoms with E-state index in [1.165, 1.54) is 29.5 Å². The summed E-state index contributed by atoms with van der Waals surface area (Å²) in [7, 11) is 0. The number of aliphatic hydroxyl groups excluding tert-OH is 1. The van der Waals surface area contributed by atoms with Gasteiger partial charge in [0.15, 0.2) is 0 Å². The number of aliphatic hydroxyl groups is 1. The van der Waals surface area contributed by atoms with Gasteiger partial charge in [-0.1, -0.05) is 18.2 Å². The summed E-state index contributed by atoms with van der Waals surface area (Å²) in [6.07, 6.45) is 3.04. The van der Waals surface area contributed by atoms with E-state index >= 15 is 0 Å². The average Bonchev–Trinajstić information content (AvgIpc) is 3.06. The molecule has 1 unspecified atom stereocenters. The lowest BCUT2D eigenvalue weighted by molar-refractivity contribution is 0.171. The van der Waals surface area contributed by atoms with E-state index in [0.29, 0.717) is 6.04 Å². The maximum atomic E-state index is 9.93. The van der Waals surface area contributed by atoms with Crippen molar-refractivity contribution in [3.63, 3.8) is 0 Å². The van der Waals surface area contributed by atoms with Crippen molar-refractivity contribution in [3.8, 4) is 0 Å². The molecular weight excluding hydrogens is 198 g/mol. The Bertz CT molecular complexity index is 358. The molecule has 1 aromatic rings. The van der Waals surface area contributed by atoms with Crippen molar-refractivity contribution in [1.29, 1.82) is 0 Å². The zero-order valence-corrected chi connectivity index (χ0v) is 10.2. The number of rotatable bonds is 5. The zero-order chi connectivity index (χ0) is 11.5. The molecule has 88 valence electrons. The minimum Gasteiger partial charge on any atom is -0.391 e. The van der Waals surface area contributed by atoms with Gasteiger partial charge in [0.05, 0.1) is 6.10 Å². The lowest BCUT2D eigenvalue weighted by Crippen LogP contribution is -2.30. The second-order valence-corrected chi connectivity index (χ2v) is 4.90. The summed E-state index contributed by atoms with van der Waals surface area (Å²) in [5, 5.41) is 13.3. The fraction of sp³-hybridized carbons (Fsp3) is 0.571. The van der Waals surface area contributed by atoms with E-state index in [-0.39, 0.29) is 6.10 Å². The quantitative estimate of drug-likeness (QED) is 0.793. The Morgan fingerprint density at radius 1 is 1.38 bits per heavy atom. The summed E-state index contributed by atoms with van der Waals surface area (Å²) in [6, 6.07) is 6.97. The molecule has 0 bridgehead atoms. The topological polar surface area (TPSA) is 32.3 Å². The van der Waals surface area contributed by atoms with Crippen LogP contribution in [0.1, 0.15) is 29.5 Å². The Morgan fingerprint density at radius 3 is 2.81 bits per heavy atom. The molecule has 0 radical (unpaired) electrons. The summed E-state index contributed by atoms with van der Waals surface area (Å²) in [5.41, 5.74) is 3.89. The molecule has 1 aliphatic carbocycles. The molecule has 1 aromatic carbocycles.